The van der Waals surface area contributed by atoms with E-state index in [1.807, 2.05) is 11.5 Å². The second-order valence-electron chi connectivity index (χ2n) is 4.75. The van der Waals surface area contributed by atoms with Gasteiger partial charge in [-0.15, -0.1) is 16.8 Å². The van der Waals surface area contributed by atoms with E-state index < -0.39 is 0 Å². The minimum Gasteiger partial charge on any atom is -0.493 e. The van der Waals surface area contributed by atoms with E-state index in [2.05, 4.69) is 16.8 Å². The van der Waals surface area contributed by atoms with Crippen LogP contribution < -0.4 is 9.47 Å². The summed E-state index contributed by atoms with van der Waals surface area (Å²) in [4.78, 5) is 12.6. The molecule has 0 saturated carbocycles. The van der Waals surface area contributed by atoms with E-state index in [0.717, 1.165) is 0 Å². The minimum atomic E-state index is -0.305. The summed E-state index contributed by atoms with van der Waals surface area (Å²) >= 11 is 1.36. The van der Waals surface area contributed by atoms with E-state index in [-0.39, 0.29) is 11.0 Å². The molecule has 6 nitrogen and oxygen atoms in total. The molecular formula is C16H19N3O3S. The number of thioether (sulfide) groups is 1. The van der Waals surface area contributed by atoms with Crippen molar-refractivity contribution in [3.8, 4) is 11.5 Å². The molecule has 2 aromatic rings. The van der Waals surface area contributed by atoms with Crippen LogP contribution in [0.3, 0.4) is 0 Å². The number of benzene rings is 1. The average molecular weight is 333 g/mol. The molecule has 0 aliphatic heterocycles. The summed E-state index contributed by atoms with van der Waals surface area (Å²) in [5.74, 6) is 1.12. The Kier molecular flexibility index (Phi) is 5.81. The van der Waals surface area contributed by atoms with E-state index >= 15 is 0 Å². The number of carbonyl (C=O) groups excluding carboxylic acids is 1. The molecule has 0 radical (unpaired) electrons. The SMILES string of the molecule is C=CCn1cnnc1S[C@H](C)C(=O)c1ccc(OC)c(OC)c1. The molecule has 23 heavy (non-hydrogen) atoms. The average Bonchev–Trinajstić information content (AvgIpc) is 3.00. The Balaban J connectivity index is 2.16. The molecule has 1 aromatic heterocycles. The van der Waals surface area contributed by atoms with Gasteiger partial charge in [0, 0.05) is 12.1 Å². The number of rotatable bonds is 8. The van der Waals surface area contributed by atoms with Crippen LogP contribution in [0.1, 0.15) is 17.3 Å². The predicted octanol–water partition coefficient (Wildman–Crippen LogP) is 2.84. The maximum atomic E-state index is 12.6. The fourth-order valence-corrected chi connectivity index (χ4v) is 2.95. The van der Waals surface area contributed by atoms with Crippen molar-refractivity contribution in [2.75, 3.05) is 14.2 Å². The molecule has 0 aliphatic rings. The lowest BCUT2D eigenvalue weighted by atomic mass is 10.1. The molecule has 2 rings (SSSR count). The predicted molar refractivity (Wildman–Crippen MR) is 89.4 cm³/mol. The zero-order valence-electron chi connectivity index (χ0n) is 13.4. The van der Waals surface area contributed by atoms with E-state index in [9.17, 15) is 4.79 Å². The molecule has 7 heteroatoms. The topological polar surface area (TPSA) is 66.2 Å². The summed E-state index contributed by atoms with van der Waals surface area (Å²) in [5, 5.41) is 8.30. The summed E-state index contributed by atoms with van der Waals surface area (Å²) in [6, 6.07) is 5.14. The molecular weight excluding hydrogens is 314 g/mol. The molecule has 0 unspecified atom stereocenters. The Morgan fingerprint density at radius 2 is 2.13 bits per heavy atom. The first-order valence-electron chi connectivity index (χ1n) is 7.02. The Labute approximate surface area is 139 Å². The third-order valence-electron chi connectivity index (χ3n) is 3.23. The second kappa shape index (κ2) is 7.82. The number of aromatic nitrogens is 3. The van der Waals surface area contributed by atoms with E-state index in [1.165, 1.54) is 11.8 Å². The number of carbonyl (C=O) groups is 1. The van der Waals surface area contributed by atoms with Gasteiger partial charge in [-0.1, -0.05) is 17.8 Å². The van der Waals surface area contributed by atoms with Crippen LogP contribution in [-0.2, 0) is 6.54 Å². The Bertz CT molecular complexity index is 700. The van der Waals surface area contributed by atoms with E-state index in [1.54, 1.807) is 44.8 Å². The van der Waals surface area contributed by atoms with Gasteiger partial charge in [0.25, 0.3) is 0 Å². The molecule has 0 spiro atoms. The van der Waals surface area contributed by atoms with Gasteiger partial charge in [0.15, 0.2) is 22.4 Å². The first-order valence-corrected chi connectivity index (χ1v) is 7.90. The smallest absolute Gasteiger partial charge is 0.191 e. The van der Waals surface area contributed by atoms with Crippen LogP contribution >= 0.6 is 11.8 Å². The minimum absolute atomic E-state index is 0.0101. The third kappa shape index (κ3) is 3.92. The van der Waals surface area contributed by atoms with Crippen LogP contribution in [0.5, 0.6) is 11.5 Å². The van der Waals surface area contributed by atoms with Crippen molar-refractivity contribution in [2.24, 2.45) is 0 Å². The fraction of sp³-hybridized carbons (Fsp3) is 0.312. The molecule has 0 N–H and O–H groups in total. The zero-order chi connectivity index (χ0) is 16.8. The lowest BCUT2D eigenvalue weighted by Crippen LogP contribution is -2.15. The molecule has 0 saturated heterocycles. The highest BCUT2D eigenvalue weighted by atomic mass is 32.2. The highest BCUT2D eigenvalue weighted by molar-refractivity contribution is 8.00. The van der Waals surface area contributed by atoms with Gasteiger partial charge in [-0.25, -0.2) is 0 Å². The first kappa shape index (κ1) is 17.1. The molecule has 1 atom stereocenters. The van der Waals surface area contributed by atoms with Crippen molar-refractivity contribution in [1.82, 2.24) is 14.8 Å². The molecule has 0 aliphatic carbocycles. The number of Topliss-reactive ketones (excluding diaryl/α,β-unsaturated/α-hetero) is 1. The van der Waals surface area contributed by atoms with Gasteiger partial charge < -0.3 is 14.0 Å². The number of hydrogen-bond acceptors (Lipinski definition) is 6. The largest absolute Gasteiger partial charge is 0.493 e. The maximum absolute atomic E-state index is 12.6. The quantitative estimate of drug-likeness (QED) is 0.420. The Morgan fingerprint density at radius 3 is 2.78 bits per heavy atom. The highest BCUT2D eigenvalue weighted by Crippen LogP contribution is 2.30. The molecule has 122 valence electrons. The van der Waals surface area contributed by atoms with Gasteiger partial charge in [-0.05, 0) is 25.1 Å². The number of ketones is 1. The summed E-state index contributed by atoms with van der Waals surface area (Å²) in [6.45, 7) is 6.14. The number of hydrogen-bond donors (Lipinski definition) is 0. The summed E-state index contributed by atoms with van der Waals surface area (Å²) in [6.07, 6.45) is 3.38. The Hall–Kier alpha value is -2.28. The monoisotopic (exact) mass is 333 g/mol. The van der Waals surface area contributed by atoms with Crippen molar-refractivity contribution in [3.05, 3.63) is 42.7 Å². The van der Waals surface area contributed by atoms with Gasteiger partial charge in [0.2, 0.25) is 0 Å². The number of nitrogens with zero attached hydrogens (tertiary/aromatic N) is 3. The number of ether oxygens (including phenoxy) is 2. The van der Waals surface area contributed by atoms with Gasteiger partial charge in [0.05, 0.1) is 19.5 Å². The Morgan fingerprint density at radius 1 is 1.39 bits per heavy atom. The van der Waals surface area contributed by atoms with Crippen molar-refractivity contribution >= 4 is 17.5 Å². The third-order valence-corrected chi connectivity index (χ3v) is 4.32. The van der Waals surface area contributed by atoms with Crippen molar-refractivity contribution < 1.29 is 14.3 Å². The van der Waals surface area contributed by atoms with Crippen LogP contribution in [0.2, 0.25) is 0 Å². The lowest BCUT2D eigenvalue weighted by molar-refractivity contribution is 0.0993. The van der Waals surface area contributed by atoms with Crippen LogP contribution in [0.15, 0.2) is 42.3 Å². The van der Waals surface area contributed by atoms with Crippen LogP contribution in [0.4, 0.5) is 0 Å². The maximum Gasteiger partial charge on any atom is 0.191 e. The van der Waals surface area contributed by atoms with Gasteiger partial charge in [0.1, 0.15) is 6.33 Å². The summed E-state index contributed by atoms with van der Waals surface area (Å²) < 4.78 is 12.3. The number of methoxy groups -OCH3 is 2. The van der Waals surface area contributed by atoms with E-state index in [4.69, 9.17) is 9.47 Å². The van der Waals surface area contributed by atoms with Gasteiger partial charge in [-0.2, -0.15) is 0 Å². The normalized spacial score (nSPS) is 11.8. The highest BCUT2D eigenvalue weighted by Gasteiger charge is 2.20. The lowest BCUT2D eigenvalue weighted by Gasteiger charge is -2.12. The van der Waals surface area contributed by atoms with Crippen molar-refractivity contribution in [2.45, 2.75) is 23.9 Å². The fourth-order valence-electron chi connectivity index (χ4n) is 2.04. The molecule has 1 heterocycles. The second-order valence-corrected chi connectivity index (χ2v) is 6.06. The molecule has 0 bridgehead atoms. The zero-order valence-corrected chi connectivity index (χ0v) is 14.2. The van der Waals surface area contributed by atoms with Crippen molar-refractivity contribution in [1.29, 1.82) is 0 Å². The molecule has 0 fully saturated rings. The standard InChI is InChI=1S/C16H19N3O3S/c1-5-8-19-10-17-18-16(19)23-11(2)15(20)12-6-7-13(21-3)14(9-12)22-4/h5-7,9-11H,1,8H2,2-4H3/t11-/m1/s1. The van der Waals surface area contributed by atoms with Crippen molar-refractivity contribution in [3.63, 3.8) is 0 Å². The van der Waals surface area contributed by atoms with Crippen LogP contribution in [0, 0.1) is 0 Å². The van der Waals surface area contributed by atoms with E-state index in [0.29, 0.717) is 28.8 Å². The van der Waals surface area contributed by atoms with Crippen LogP contribution in [0.25, 0.3) is 0 Å². The summed E-state index contributed by atoms with van der Waals surface area (Å²) in [7, 11) is 3.10. The molecule has 0 amide bonds. The van der Waals surface area contributed by atoms with Gasteiger partial charge in [-0.3, -0.25) is 4.79 Å². The first-order chi connectivity index (χ1) is 11.1. The summed E-state index contributed by atoms with van der Waals surface area (Å²) in [5.41, 5.74) is 0.567. The van der Waals surface area contributed by atoms with Crippen LogP contribution in [-0.4, -0.2) is 40.0 Å². The number of allylic oxidation sites excluding steroid dienone is 1. The molecule has 1 aromatic carbocycles. The van der Waals surface area contributed by atoms with Gasteiger partial charge >= 0.3 is 0 Å².